The third kappa shape index (κ3) is 2.19. The first-order chi connectivity index (χ1) is 8.33. The van der Waals surface area contributed by atoms with Crippen molar-refractivity contribution in [1.29, 1.82) is 0 Å². The van der Waals surface area contributed by atoms with Crippen LogP contribution in [0.25, 0.3) is 10.8 Å². The van der Waals surface area contributed by atoms with Crippen LogP contribution in [-0.2, 0) is 6.54 Å². The van der Waals surface area contributed by atoms with Crippen LogP contribution in [0.5, 0.6) is 0 Å². The molecule has 2 aromatic carbocycles. The summed E-state index contributed by atoms with van der Waals surface area (Å²) in [5.74, 6) is 0. The predicted molar refractivity (Wildman–Crippen MR) is 71.8 cm³/mol. The molecule has 0 spiro atoms. The van der Waals surface area contributed by atoms with Gasteiger partial charge in [-0.25, -0.2) is 0 Å². The van der Waals surface area contributed by atoms with Crippen LogP contribution in [0.3, 0.4) is 0 Å². The van der Waals surface area contributed by atoms with Crippen LogP contribution in [0.1, 0.15) is 18.4 Å². The van der Waals surface area contributed by atoms with Gasteiger partial charge < -0.3 is 11.1 Å². The predicted octanol–water partition coefficient (Wildman–Crippen LogP) is 2.42. The number of hydrogen-bond acceptors (Lipinski definition) is 2. The Morgan fingerprint density at radius 3 is 2.65 bits per heavy atom. The lowest BCUT2D eigenvalue weighted by molar-refractivity contribution is 0.291. The Balaban J connectivity index is 1.76. The summed E-state index contributed by atoms with van der Waals surface area (Å²) < 4.78 is 0. The number of hydrogen-bond donors (Lipinski definition) is 2. The molecule has 0 amide bonds. The molecule has 17 heavy (non-hydrogen) atoms. The zero-order valence-corrected chi connectivity index (χ0v) is 9.89. The topological polar surface area (TPSA) is 38.0 Å². The summed E-state index contributed by atoms with van der Waals surface area (Å²) in [4.78, 5) is 0. The van der Waals surface area contributed by atoms with Crippen molar-refractivity contribution < 1.29 is 0 Å². The summed E-state index contributed by atoms with van der Waals surface area (Å²) in [6, 6.07) is 16.1. The molecular weight excluding hydrogens is 208 g/mol. The molecule has 1 aliphatic carbocycles. The van der Waals surface area contributed by atoms with Gasteiger partial charge in [0.1, 0.15) is 0 Å². The molecule has 0 heterocycles. The summed E-state index contributed by atoms with van der Waals surface area (Å²) >= 11 is 0. The van der Waals surface area contributed by atoms with Gasteiger partial charge in [-0.05, 0) is 29.2 Å². The summed E-state index contributed by atoms with van der Waals surface area (Å²) in [6.07, 6.45) is 2.23. The maximum absolute atomic E-state index is 5.79. The average molecular weight is 226 g/mol. The van der Waals surface area contributed by atoms with E-state index >= 15 is 0 Å². The number of fused-ring (bicyclic) bond motifs is 1. The lowest BCUT2D eigenvalue weighted by Crippen LogP contribution is -2.48. The van der Waals surface area contributed by atoms with Crippen molar-refractivity contribution in [1.82, 2.24) is 5.32 Å². The maximum Gasteiger partial charge on any atom is 0.0214 e. The van der Waals surface area contributed by atoms with E-state index in [9.17, 15) is 0 Å². The second kappa shape index (κ2) is 4.47. The minimum Gasteiger partial charge on any atom is -0.328 e. The zero-order valence-electron chi connectivity index (χ0n) is 9.89. The molecule has 0 saturated heterocycles. The Bertz CT molecular complexity index is 510. The molecule has 1 fully saturated rings. The van der Waals surface area contributed by atoms with E-state index in [1.54, 1.807) is 0 Å². The monoisotopic (exact) mass is 226 g/mol. The second-order valence-corrected chi connectivity index (χ2v) is 4.95. The van der Waals surface area contributed by atoms with Crippen LogP contribution in [-0.4, -0.2) is 12.1 Å². The first-order valence-electron chi connectivity index (χ1n) is 6.28. The molecule has 3 rings (SSSR count). The average Bonchev–Trinajstić information content (AvgIpc) is 2.33. The van der Waals surface area contributed by atoms with Gasteiger partial charge in [-0.3, -0.25) is 0 Å². The SMILES string of the molecule is NC1CC(NCc2cccc3ccccc23)C1. The fraction of sp³-hybridized carbons (Fsp3) is 0.333. The highest BCUT2D eigenvalue weighted by Gasteiger charge is 2.24. The molecule has 3 N–H and O–H groups in total. The van der Waals surface area contributed by atoms with Gasteiger partial charge in [-0.2, -0.15) is 0 Å². The van der Waals surface area contributed by atoms with Gasteiger partial charge in [0.2, 0.25) is 0 Å². The minimum absolute atomic E-state index is 0.417. The Morgan fingerprint density at radius 2 is 1.82 bits per heavy atom. The van der Waals surface area contributed by atoms with Gasteiger partial charge in [0.15, 0.2) is 0 Å². The van der Waals surface area contributed by atoms with Crippen LogP contribution in [0.15, 0.2) is 42.5 Å². The molecule has 1 saturated carbocycles. The lowest BCUT2D eigenvalue weighted by Gasteiger charge is -2.33. The van der Waals surface area contributed by atoms with Crippen LogP contribution in [0, 0.1) is 0 Å². The van der Waals surface area contributed by atoms with E-state index in [-0.39, 0.29) is 0 Å². The Kier molecular flexibility index (Phi) is 2.83. The van der Waals surface area contributed by atoms with Gasteiger partial charge in [0, 0.05) is 18.6 Å². The van der Waals surface area contributed by atoms with Gasteiger partial charge in [0.05, 0.1) is 0 Å². The van der Waals surface area contributed by atoms with Crippen molar-refractivity contribution in [3.8, 4) is 0 Å². The van der Waals surface area contributed by atoms with Gasteiger partial charge in [0.25, 0.3) is 0 Å². The first kappa shape index (κ1) is 10.8. The standard InChI is InChI=1S/C15H18N2/c16-13-8-14(9-13)17-10-12-6-3-5-11-4-1-2-7-15(11)12/h1-7,13-14,17H,8-10,16H2. The number of benzene rings is 2. The van der Waals surface area contributed by atoms with Crippen LogP contribution in [0.2, 0.25) is 0 Å². The van der Waals surface area contributed by atoms with Crippen molar-refractivity contribution in [3.63, 3.8) is 0 Å². The summed E-state index contributed by atoms with van der Waals surface area (Å²) in [5.41, 5.74) is 7.17. The Morgan fingerprint density at radius 1 is 1.06 bits per heavy atom. The minimum atomic E-state index is 0.417. The Labute approximate surface area is 102 Å². The van der Waals surface area contributed by atoms with Crippen LogP contribution < -0.4 is 11.1 Å². The van der Waals surface area contributed by atoms with Crippen molar-refractivity contribution in [3.05, 3.63) is 48.0 Å². The molecule has 0 radical (unpaired) electrons. The smallest absolute Gasteiger partial charge is 0.0214 e. The molecule has 0 atom stereocenters. The molecule has 0 bridgehead atoms. The van der Waals surface area contributed by atoms with Crippen LogP contribution in [0.4, 0.5) is 0 Å². The van der Waals surface area contributed by atoms with Crippen molar-refractivity contribution in [2.24, 2.45) is 5.73 Å². The first-order valence-corrected chi connectivity index (χ1v) is 6.28. The lowest BCUT2D eigenvalue weighted by atomic mass is 9.87. The quantitative estimate of drug-likeness (QED) is 0.843. The van der Waals surface area contributed by atoms with E-state index in [1.165, 1.54) is 16.3 Å². The van der Waals surface area contributed by atoms with Crippen molar-refractivity contribution >= 4 is 10.8 Å². The maximum atomic E-state index is 5.79. The highest BCUT2D eigenvalue weighted by Crippen LogP contribution is 2.21. The molecule has 1 aliphatic rings. The van der Waals surface area contributed by atoms with Gasteiger partial charge >= 0.3 is 0 Å². The highest BCUT2D eigenvalue weighted by atomic mass is 14.9. The number of nitrogens with two attached hydrogens (primary N) is 1. The van der Waals surface area contributed by atoms with E-state index in [4.69, 9.17) is 5.73 Å². The van der Waals surface area contributed by atoms with Crippen molar-refractivity contribution in [2.75, 3.05) is 0 Å². The van der Waals surface area contributed by atoms with E-state index in [0.717, 1.165) is 19.4 Å². The molecule has 2 aromatic rings. The molecule has 0 aliphatic heterocycles. The van der Waals surface area contributed by atoms with Gasteiger partial charge in [-0.15, -0.1) is 0 Å². The van der Waals surface area contributed by atoms with E-state index < -0.39 is 0 Å². The summed E-state index contributed by atoms with van der Waals surface area (Å²) in [7, 11) is 0. The normalized spacial score (nSPS) is 23.6. The third-order valence-electron chi connectivity index (χ3n) is 3.64. The highest BCUT2D eigenvalue weighted by molar-refractivity contribution is 5.85. The zero-order chi connectivity index (χ0) is 11.7. The fourth-order valence-corrected chi connectivity index (χ4v) is 2.53. The van der Waals surface area contributed by atoms with Crippen molar-refractivity contribution in [2.45, 2.75) is 31.5 Å². The molecule has 2 heteroatoms. The fourth-order valence-electron chi connectivity index (χ4n) is 2.53. The second-order valence-electron chi connectivity index (χ2n) is 4.95. The largest absolute Gasteiger partial charge is 0.328 e. The van der Waals surface area contributed by atoms with E-state index in [2.05, 4.69) is 47.8 Å². The van der Waals surface area contributed by atoms with Crippen LogP contribution >= 0.6 is 0 Å². The number of rotatable bonds is 3. The summed E-state index contributed by atoms with van der Waals surface area (Å²) in [6.45, 7) is 0.943. The molecular formula is C15H18N2. The summed E-state index contributed by atoms with van der Waals surface area (Å²) in [5, 5.41) is 6.25. The number of nitrogens with one attached hydrogen (secondary N) is 1. The van der Waals surface area contributed by atoms with E-state index in [1.807, 2.05) is 0 Å². The molecule has 88 valence electrons. The molecule has 2 nitrogen and oxygen atoms in total. The van der Waals surface area contributed by atoms with E-state index in [0.29, 0.717) is 12.1 Å². The third-order valence-corrected chi connectivity index (χ3v) is 3.64. The Hall–Kier alpha value is -1.38. The molecule has 0 aromatic heterocycles. The molecule has 0 unspecified atom stereocenters. The van der Waals surface area contributed by atoms with Gasteiger partial charge in [-0.1, -0.05) is 42.5 Å².